The van der Waals surface area contributed by atoms with Crippen LogP contribution in [0.25, 0.3) is 0 Å². The average Bonchev–Trinajstić information content (AvgIpc) is 2.89. The van der Waals surface area contributed by atoms with E-state index in [-0.39, 0.29) is 0 Å². The monoisotopic (exact) mass is 273 g/mol. The molecule has 0 amide bonds. The molecule has 0 aromatic carbocycles. The van der Waals surface area contributed by atoms with Gasteiger partial charge in [-0.15, -0.1) is 0 Å². The standard InChI is InChI=1S/C18H29N2/c1-3-4-5-6-7-8-14-20-15-9-11-17(16-20)18-12-10-13-19(18)2/h6-7,9,11,15-16,18H,3-5,8,10,12-14H2,1-2H3/q+1/b7-6+. The molecule has 1 atom stereocenters. The molecule has 0 radical (unpaired) electrons. The molecule has 2 heterocycles. The Morgan fingerprint density at radius 1 is 1.35 bits per heavy atom. The highest BCUT2D eigenvalue weighted by Gasteiger charge is 2.24. The lowest BCUT2D eigenvalue weighted by Crippen LogP contribution is -2.34. The molecule has 1 aromatic rings. The van der Waals surface area contributed by atoms with Gasteiger partial charge >= 0.3 is 0 Å². The predicted octanol–water partition coefficient (Wildman–Crippen LogP) is 3.88. The Balaban J connectivity index is 1.85. The molecule has 1 unspecified atom stereocenters. The summed E-state index contributed by atoms with van der Waals surface area (Å²) in [6.45, 7) is 4.57. The minimum atomic E-state index is 0.627. The van der Waals surface area contributed by atoms with Crippen molar-refractivity contribution >= 4 is 0 Å². The van der Waals surface area contributed by atoms with Gasteiger partial charge < -0.3 is 0 Å². The molecule has 2 rings (SSSR count). The summed E-state index contributed by atoms with van der Waals surface area (Å²) in [5, 5.41) is 0. The first-order chi connectivity index (χ1) is 9.81. The summed E-state index contributed by atoms with van der Waals surface area (Å²) in [7, 11) is 2.24. The number of pyridine rings is 1. The summed E-state index contributed by atoms with van der Waals surface area (Å²) in [6, 6.07) is 5.10. The van der Waals surface area contributed by atoms with Crippen molar-refractivity contribution in [1.82, 2.24) is 4.90 Å². The van der Waals surface area contributed by atoms with Gasteiger partial charge in [-0.05, 0) is 38.9 Å². The second-order valence-electron chi connectivity index (χ2n) is 5.92. The van der Waals surface area contributed by atoms with Crippen molar-refractivity contribution < 1.29 is 4.57 Å². The molecular formula is C18H29N2+. The molecule has 110 valence electrons. The number of unbranched alkanes of at least 4 members (excludes halogenated alkanes) is 2. The SMILES string of the molecule is CCCC/C=C/CC[n+]1cccc(C2CCCN2C)c1. The summed E-state index contributed by atoms with van der Waals surface area (Å²) in [5.41, 5.74) is 1.47. The maximum absolute atomic E-state index is 2.48. The van der Waals surface area contributed by atoms with Crippen molar-refractivity contribution in [2.45, 2.75) is 58.0 Å². The van der Waals surface area contributed by atoms with Gasteiger partial charge in [-0.3, -0.25) is 4.90 Å². The molecule has 2 nitrogen and oxygen atoms in total. The van der Waals surface area contributed by atoms with Crippen molar-refractivity contribution in [3.8, 4) is 0 Å². The molecule has 0 saturated carbocycles. The van der Waals surface area contributed by atoms with Crippen LogP contribution in [0, 0.1) is 0 Å². The van der Waals surface area contributed by atoms with E-state index in [1.165, 1.54) is 44.2 Å². The maximum Gasteiger partial charge on any atom is 0.173 e. The molecule has 0 aliphatic carbocycles. The van der Waals surface area contributed by atoms with E-state index in [2.05, 4.69) is 60.1 Å². The van der Waals surface area contributed by atoms with E-state index < -0.39 is 0 Å². The number of hydrogen-bond acceptors (Lipinski definition) is 1. The highest BCUT2D eigenvalue weighted by molar-refractivity contribution is 5.12. The zero-order valence-electron chi connectivity index (χ0n) is 13.1. The molecule has 0 bridgehead atoms. The fourth-order valence-electron chi connectivity index (χ4n) is 2.99. The largest absolute Gasteiger partial charge is 0.299 e. The molecule has 1 saturated heterocycles. The zero-order valence-corrected chi connectivity index (χ0v) is 13.1. The summed E-state index contributed by atoms with van der Waals surface area (Å²) in [4.78, 5) is 2.48. The number of hydrogen-bond donors (Lipinski definition) is 0. The number of allylic oxidation sites excluding steroid dienone is 2. The first-order valence-electron chi connectivity index (χ1n) is 8.15. The molecule has 1 aliphatic rings. The minimum Gasteiger partial charge on any atom is -0.299 e. The normalized spacial score (nSPS) is 20.0. The van der Waals surface area contributed by atoms with Crippen molar-refractivity contribution in [3.63, 3.8) is 0 Å². The van der Waals surface area contributed by atoms with Crippen LogP contribution in [0.1, 0.15) is 57.1 Å². The lowest BCUT2D eigenvalue weighted by molar-refractivity contribution is -0.696. The van der Waals surface area contributed by atoms with Crippen LogP contribution < -0.4 is 4.57 Å². The third-order valence-corrected chi connectivity index (χ3v) is 4.23. The van der Waals surface area contributed by atoms with Crippen LogP contribution in [-0.4, -0.2) is 18.5 Å². The number of likely N-dealkylation sites (tertiary alicyclic amines) is 1. The molecule has 1 fully saturated rings. The topological polar surface area (TPSA) is 7.12 Å². The van der Waals surface area contributed by atoms with Gasteiger partial charge in [0, 0.05) is 24.1 Å². The van der Waals surface area contributed by atoms with Gasteiger partial charge in [0.1, 0.15) is 0 Å². The van der Waals surface area contributed by atoms with Crippen LogP contribution in [0.5, 0.6) is 0 Å². The van der Waals surface area contributed by atoms with E-state index in [1.807, 2.05) is 0 Å². The number of aromatic nitrogens is 1. The van der Waals surface area contributed by atoms with Gasteiger partial charge in [0.05, 0.1) is 0 Å². The second kappa shape index (κ2) is 8.21. The molecular weight excluding hydrogens is 244 g/mol. The Morgan fingerprint density at radius 2 is 2.20 bits per heavy atom. The molecule has 1 aliphatic heterocycles. The van der Waals surface area contributed by atoms with Gasteiger partial charge in [-0.25, -0.2) is 4.57 Å². The summed E-state index contributed by atoms with van der Waals surface area (Å²) < 4.78 is 2.34. The molecule has 0 N–H and O–H groups in total. The number of rotatable bonds is 7. The zero-order chi connectivity index (χ0) is 14.2. The Hall–Kier alpha value is -1.15. The van der Waals surface area contributed by atoms with Crippen LogP contribution in [0.2, 0.25) is 0 Å². The van der Waals surface area contributed by atoms with Gasteiger partial charge in [0.15, 0.2) is 18.9 Å². The lowest BCUT2D eigenvalue weighted by Gasteiger charge is -2.18. The van der Waals surface area contributed by atoms with Crippen LogP contribution in [0.4, 0.5) is 0 Å². The maximum atomic E-state index is 2.48. The van der Waals surface area contributed by atoms with Crippen LogP contribution >= 0.6 is 0 Å². The third-order valence-electron chi connectivity index (χ3n) is 4.23. The van der Waals surface area contributed by atoms with E-state index in [9.17, 15) is 0 Å². The minimum absolute atomic E-state index is 0.627. The van der Waals surface area contributed by atoms with Crippen molar-refractivity contribution in [1.29, 1.82) is 0 Å². The fourth-order valence-corrected chi connectivity index (χ4v) is 2.99. The van der Waals surface area contributed by atoms with Crippen LogP contribution in [0.15, 0.2) is 36.7 Å². The number of aryl methyl sites for hydroxylation is 1. The molecule has 1 aromatic heterocycles. The predicted molar refractivity (Wildman–Crippen MR) is 84.5 cm³/mol. The van der Waals surface area contributed by atoms with E-state index >= 15 is 0 Å². The number of nitrogens with zero attached hydrogens (tertiary/aromatic N) is 2. The smallest absolute Gasteiger partial charge is 0.173 e. The molecule has 20 heavy (non-hydrogen) atoms. The van der Waals surface area contributed by atoms with E-state index in [0.717, 1.165) is 13.0 Å². The summed E-state index contributed by atoms with van der Waals surface area (Å²) in [5.74, 6) is 0. The second-order valence-corrected chi connectivity index (χ2v) is 5.92. The highest BCUT2D eigenvalue weighted by atomic mass is 15.1. The van der Waals surface area contributed by atoms with E-state index in [0.29, 0.717) is 6.04 Å². The highest BCUT2D eigenvalue weighted by Crippen LogP contribution is 2.29. The van der Waals surface area contributed by atoms with E-state index in [1.54, 1.807) is 0 Å². The summed E-state index contributed by atoms with van der Waals surface area (Å²) in [6.07, 6.45) is 16.8. The Bertz CT molecular complexity index is 425. The van der Waals surface area contributed by atoms with Crippen molar-refractivity contribution in [3.05, 3.63) is 42.2 Å². The van der Waals surface area contributed by atoms with Crippen molar-refractivity contribution in [2.24, 2.45) is 0 Å². The van der Waals surface area contributed by atoms with Crippen LogP contribution in [0.3, 0.4) is 0 Å². The first-order valence-corrected chi connectivity index (χ1v) is 8.15. The van der Waals surface area contributed by atoms with E-state index in [4.69, 9.17) is 0 Å². The lowest BCUT2D eigenvalue weighted by atomic mass is 10.1. The fraction of sp³-hybridized carbons (Fsp3) is 0.611. The van der Waals surface area contributed by atoms with Crippen LogP contribution in [-0.2, 0) is 6.54 Å². The first kappa shape index (κ1) is 15.2. The Labute approximate surface area is 124 Å². The third kappa shape index (κ3) is 4.45. The van der Waals surface area contributed by atoms with Gasteiger partial charge in [-0.2, -0.15) is 0 Å². The average molecular weight is 273 g/mol. The van der Waals surface area contributed by atoms with Gasteiger partial charge in [0.25, 0.3) is 0 Å². The summed E-state index contributed by atoms with van der Waals surface area (Å²) >= 11 is 0. The molecule has 2 heteroatoms. The van der Waals surface area contributed by atoms with Crippen molar-refractivity contribution in [2.75, 3.05) is 13.6 Å². The molecule has 0 spiro atoms. The Morgan fingerprint density at radius 3 is 2.95 bits per heavy atom. The Kier molecular flexibility index (Phi) is 6.25. The van der Waals surface area contributed by atoms with Gasteiger partial charge in [0.2, 0.25) is 0 Å². The quantitative estimate of drug-likeness (QED) is 0.415. The van der Waals surface area contributed by atoms with Gasteiger partial charge in [-0.1, -0.05) is 31.9 Å².